The summed E-state index contributed by atoms with van der Waals surface area (Å²) >= 11 is 0. The minimum Gasteiger partial charge on any atom is -0.293 e. The van der Waals surface area contributed by atoms with Gasteiger partial charge in [0.25, 0.3) is 0 Å². The van der Waals surface area contributed by atoms with Crippen molar-refractivity contribution >= 4 is 5.78 Å². The summed E-state index contributed by atoms with van der Waals surface area (Å²) in [6.45, 7) is 0. The van der Waals surface area contributed by atoms with Gasteiger partial charge in [0.2, 0.25) is 0 Å². The first kappa shape index (κ1) is 13.0. The number of Topliss-reactive ketones (excluding diaryl/α,β-unsaturated/α-hetero) is 1. The van der Waals surface area contributed by atoms with Crippen LogP contribution in [0.4, 0.5) is 8.78 Å². The van der Waals surface area contributed by atoms with E-state index in [1.165, 1.54) is 0 Å². The molecule has 1 aliphatic rings. The molecule has 1 unspecified atom stereocenters. The fourth-order valence-electron chi connectivity index (χ4n) is 2.90. The third-order valence-electron chi connectivity index (χ3n) is 3.88. The van der Waals surface area contributed by atoms with E-state index in [4.69, 9.17) is 0 Å². The average Bonchev–Trinajstić information content (AvgIpc) is 2.48. The highest BCUT2D eigenvalue weighted by Gasteiger charge is 2.28. The average molecular weight is 272 g/mol. The first-order valence-electron chi connectivity index (χ1n) is 6.74. The largest absolute Gasteiger partial charge is 0.293 e. The van der Waals surface area contributed by atoms with Gasteiger partial charge >= 0.3 is 0 Å². The van der Waals surface area contributed by atoms with E-state index in [1.807, 2.05) is 24.3 Å². The molecular formula is C17H14F2O. The Kier molecular flexibility index (Phi) is 3.35. The van der Waals surface area contributed by atoms with Gasteiger partial charge in [-0.1, -0.05) is 24.3 Å². The monoisotopic (exact) mass is 272 g/mol. The zero-order valence-corrected chi connectivity index (χ0v) is 10.9. The normalized spacial score (nSPS) is 17.6. The molecule has 0 aliphatic heterocycles. The van der Waals surface area contributed by atoms with Crippen LogP contribution in [0.3, 0.4) is 0 Å². The summed E-state index contributed by atoms with van der Waals surface area (Å²) in [5.74, 6) is -1.93. The van der Waals surface area contributed by atoms with Gasteiger partial charge in [0.1, 0.15) is 11.6 Å². The number of carbonyl (C=O) groups is 1. The molecule has 3 heteroatoms. The Labute approximate surface area is 116 Å². The third kappa shape index (κ3) is 2.24. The minimum atomic E-state index is -0.653. The van der Waals surface area contributed by atoms with Gasteiger partial charge in [0.05, 0.1) is 5.56 Å². The molecule has 2 aromatic carbocycles. The molecule has 0 saturated heterocycles. The molecule has 0 saturated carbocycles. The fraction of sp³-hybridized carbons (Fsp3) is 0.235. The van der Waals surface area contributed by atoms with Gasteiger partial charge in [-0.25, -0.2) is 8.78 Å². The summed E-state index contributed by atoms with van der Waals surface area (Å²) < 4.78 is 27.0. The second-order valence-corrected chi connectivity index (χ2v) is 5.13. The van der Waals surface area contributed by atoms with E-state index < -0.39 is 11.6 Å². The maximum absolute atomic E-state index is 13.8. The molecule has 0 heterocycles. The molecule has 0 radical (unpaired) electrons. The summed E-state index contributed by atoms with van der Waals surface area (Å²) in [5.41, 5.74) is 1.94. The zero-order chi connectivity index (χ0) is 14.1. The van der Waals surface area contributed by atoms with Crippen molar-refractivity contribution in [2.45, 2.75) is 25.2 Å². The molecule has 0 N–H and O–H groups in total. The van der Waals surface area contributed by atoms with Crippen molar-refractivity contribution in [1.82, 2.24) is 0 Å². The Morgan fingerprint density at radius 2 is 1.90 bits per heavy atom. The van der Waals surface area contributed by atoms with Gasteiger partial charge in [-0.05, 0) is 48.6 Å². The molecular weight excluding hydrogens is 258 g/mol. The lowest BCUT2D eigenvalue weighted by Gasteiger charge is -2.24. The van der Waals surface area contributed by atoms with Gasteiger partial charge in [-0.2, -0.15) is 0 Å². The summed E-state index contributed by atoms with van der Waals surface area (Å²) in [4.78, 5) is 12.5. The van der Waals surface area contributed by atoms with Crippen LogP contribution in [0.2, 0.25) is 0 Å². The standard InChI is InChI=1S/C17H14F2O/c18-12-8-9-16(19)15(10-12)17(20)14-7-3-5-11-4-1-2-6-13(11)14/h1-2,4,6,8-10,14H,3,5,7H2. The van der Waals surface area contributed by atoms with Crippen LogP contribution in [0.15, 0.2) is 42.5 Å². The number of hydrogen-bond acceptors (Lipinski definition) is 1. The lowest BCUT2D eigenvalue weighted by molar-refractivity contribution is 0.0946. The van der Waals surface area contributed by atoms with Crippen LogP contribution < -0.4 is 0 Å². The van der Waals surface area contributed by atoms with Crippen molar-refractivity contribution in [3.8, 4) is 0 Å². The van der Waals surface area contributed by atoms with E-state index >= 15 is 0 Å². The SMILES string of the molecule is O=C(c1cc(F)ccc1F)C1CCCc2ccccc21. The Hall–Kier alpha value is -2.03. The summed E-state index contributed by atoms with van der Waals surface area (Å²) in [7, 11) is 0. The number of aryl methyl sites for hydroxylation is 1. The number of fused-ring (bicyclic) bond motifs is 1. The van der Waals surface area contributed by atoms with Gasteiger partial charge in [0, 0.05) is 5.92 Å². The molecule has 0 spiro atoms. The smallest absolute Gasteiger partial charge is 0.173 e. The van der Waals surface area contributed by atoms with Crippen LogP contribution in [-0.4, -0.2) is 5.78 Å². The number of carbonyl (C=O) groups excluding carboxylic acids is 1. The topological polar surface area (TPSA) is 17.1 Å². The maximum atomic E-state index is 13.8. The lowest BCUT2D eigenvalue weighted by Crippen LogP contribution is -2.19. The first-order valence-corrected chi connectivity index (χ1v) is 6.74. The Morgan fingerprint density at radius 1 is 1.10 bits per heavy atom. The molecule has 0 fully saturated rings. The van der Waals surface area contributed by atoms with Crippen molar-refractivity contribution in [2.75, 3.05) is 0 Å². The van der Waals surface area contributed by atoms with E-state index in [0.717, 1.165) is 42.2 Å². The minimum absolute atomic E-state index is 0.147. The molecule has 1 aliphatic carbocycles. The molecule has 0 aromatic heterocycles. The van der Waals surface area contributed by atoms with Crippen molar-refractivity contribution in [3.05, 3.63) is 70.8 Å². The van der Waals surface area contributed by atoms with E-state index in [-0.39, 0.29) is 17.3 Å². The molecule has 102 valence electrons. The lowest BCUT2D eigenvalue weighted by atomic mass is 9.79. The van der Waals surface area contributed by atoms with Crippen LogP contribution in [-0.2, 0) is 6.42 Å². The number of halogens is 2. The summed E-state index contributed by atoms with van der Waals surface area (Å²) in [6.07, 6.45) is 2.52. The summed E-state index contributed by atoms with van der Waals surface area (Å²) in [5, 5.41) is 0. The predicted octanol–water partition coefficient (Wildman–Crippen LogP) is 4.27. The van der Waals surface area contributed by atoms with E-state index in [2.05, 4.69) is 0 Å². The Morgan fingerprint density at radius 3 is 2.75 bits per heavy atom. The van der Waals surface area contributed by atoms with E-state index in [1.54, 1.807) is 0 Å². The maximum Gasteiger partial charge on any atom is 0.173 e. The second-order valence-electron chi connectivity index (χ2n) is 5.13. The van der Waals surface area contributed by atoms with Crippen LogP contribution in [0, 0.1) is 11.6 Å². The highest BCUT2D eigenvalue weighted by atomic mass is 19.1. The molecule has 0 bridgehead atoms. The third-order valence-corrected chi connectivity index (χ3v) is 3.88. The summed E-state index contributed by atoms with van der Waals surface area (Å²) in [6, 6.07) is 10.8. The van der Waals surface area contributed by atoms with Gasteiger partial charge in [-0.15, -0.1) is 0 Å². The van der Waals surface area contributed by atoms with Crippen LogP contribution in [0.25, 0.3) is 0 Å². The second kappa shape index (κ2) is 5.16. The molecule has 1 nitrogen and oxygen atoms in total. The van der Waals surface area contributed by atoms with Crippen LogP contribution in [0.5, 0.6) is 0 Å². The van der Waals surface area contributed by atoms with Gasteiger partial charge < -0.3 is 0 Å². The van der Waals surface area contributed by atoms with Gasteiger partial charge in [0.15, 0.2) is 5.78 Å². The van der Waals surface area contributed by atoms with E-state index in [9.17, 15) is 13.6 Å². The number of ketones is 1. The quantitative estimate of drug-likeness (QED) is 0.746. The highest BCUT2D eigenvalue weighted by molar-refractivity contribution is 6.01. The Bertz CT molecular complexity index is 664. The van der Waals surface area contributed by atoms with Crippen molar-refractivity contribution in [1.29, 1.82) is 0 Å². The zero-order valence-electron chi connectivity index (χ0n) is 10.9. The van der Waals surface area contributed by atoms with Crippen LogP contribution >= 0.6 is 0 Å². The number of hydrogen-bond donors (Lipinski definition) is 0. The molecule has 3 rings (SSSR count). The van der Waals surface area contributed by atoms with Crippen molar-refractivity contribution in [3.63, 3.8) is 0 Å². The Balaban J connectivity index is 2.02. The van der Waals surface area contributed by atoms with Crippen molar-refractivity contribution < 1.29 is 13.6 Å². The molecule has 0 amide bonds. The molecule has 1 atom stereocenters. The predicted molar refractivity (Wildman–Crippen MR) is 72.8 cm³/mol. The highest BCUT2D eigenvalue weighted by Crippen LogP contribution is 2.34. The van der Waals surface area contributed by atoms with Crippen molar-refractivity contribution in [2.24, 2.45) is 0 Å². The molecule has 2 aromatic rings. The van der Waals surface area contributed by atoms with Gasteiger partial charge in [-0.3, -0.25) is 4.79 Å². The number of rotatable bonds is 2. The number of benzene rings is 2. The van der Waals surface area contributed by atoms with Crippen LogP contribution in [0.1, 0.15) is 40.2 Å². The first-order chi connectivity index (χ1) is 9.66. The molecule has 20 heavy (non-hydrogen) atoms. The van der Waals surface area contributed by atoms with E-state index in [0.29, 0.717) is 6.42 Å². The fourth-order valence-corrected chi connectivity index (χ4v) is 2.90.